The number of unbranched alkanes of at least 4 members (excludes halogenated alkanes) is 11. The number of rotatable bonds is 16. The van der Waals surface area contributed by atoms with Gasteiger partial charge in [0.2, 0.25) is 0 Å². The third kappa shape index (κ3) is 9.46. The van der Waals surface area contributed by atoms with Gasteiger partial charge in [0.25, 0.3) is 0 Å². The Hall–Kier alpha value is -1.85. The van der Waals surface area contributed by atoms with E-state index in [1.165, 1.54) is 72.0 Å². The Labute approximate surface area is 175 Å². The molecule has 0 aromatic rings. The van der Waals surface area contributed by atoms with Crippen molar-refractivity contribution >= 4 is 17.9 Å². The first kappa shape index (κ1) is 25.2. The smallest absolute Gasteiger partial charge is 0.346 e. The van der Waals surface area contributed by atoms with Crippen LogP contribution in [0.15, 0.2) is 11.1 Å². The van der Waals surface area contributed by atoms with Crippen LogP contribution < -0.4 is 0 Å². The largest absolute Gasteiger partial charge is 0.469 e. The topological polar surface area (TPSA) is 78.9 Å². The first-order valence-corrected chi connectivity index (χ1v) is 11.1. The number of ether oxygens (including phenoxy) is 3. The molecular formula is C23H38O6. The van der Waals surface area contributed by atoms with Crippen molar-refractivity contribution in [2.45, 2.75) is 103 Å². The van der Waals surface area contributed by atoms with Crippen LogP contribution in [0.4, 0.5) is 0 Å². The summed E-state index contributed by atoms with van der Waals surface area (Å²) in [5, 5.41) is 0. The number of carbonyl (C=O) groups excluding carboxylic acids is 3. The zero-order chi connectivity index (χ0) is 21.5. The molecule has 1 aliphatic rings. The van der Waals surface area contributed by atoms with Crippen molar-refractivity contribution in [2.75, 3.05) is 14.2 Å². The molecule has 1 aliphatic heterocycles. The first-order valence-electron chi connectivity index (χ1n) is 11.1. The molecule has 6 heteroatoms. The number of methoxy groups -OCH3 is 2. The van der Waals surface area contributed by atoms with Gasteiger partial charge in [0.05, 0.1) is 20.6 Å². The van der Waals surface area contributed by atoms with Gasteiger partial charge in [0.15, 0.2) is 0 Å². The lowest BCUT2D eigenvalue weighted by Gasteiger charge is -2.13. The monoisotopic (exact) mass is 410 g/mol. The Morgan fingerprint density at radius 1 is 0.828 bits per heavy atom. The van der Waals surface area contributed by atoms with Crippen LogP contribution in [0.5, 0.6) is 0 Å². The van der Waals surface area contributed by atoms with E-state index >= 15 is 0 Å². The minimum Gasteiger partial charge on any atom is -0.469 e. The third-order valence-electron chi connectivity index (χ3n) is 5.43. The molecule has 1 rings (SSSR count). The molecule has 6 nitrogen and oxygen atoms in total. The summed E-state index contributed by atoms with van der Waals surface area (Å²) in [5.74, 6) is -1.88. The van der Waals surface area contributed by atoms with Gasteiger partial charge < -0.3 is 14.2 Å². The van der Waals surface area contributed by atoms with E-state index in [-0.39, 0.29) is 12.0 Å². The number of carbonyl (C=O) groups is 3. The van der Waals surface area contributed by atoms with Crippen molar-refractivity contribution in [3.05, 3.63) is 11.1 Å². The summed E-state index contributed by atoms with van der Waals surface area (Å²) in [6.07, 6.45) is 14.6. The van der Waals surface area contributed by atoms with E-state index in [4.69, 9.17) is 9.47 Å². The third-order valence-corrected chi connectivity index (χ3v) is 5.43. The second-order valence-electron chi connectivity index (χ2n) is 7.71. The summed E-state index contributed by atoms with van der Waals surface area (Å²) in [5.41, 5.74) is 0.517. The van der Waals surface area contributed by atoms with Crippen LogP contribution in [0.2, 0.25) is 0 Å². The van der Waals surface area contributed by atoms with Gasteiger partial charge in [-0.25, -0.2) is 9.59 Å². The van der Waals surface area contributed by atoms with Gasteiger partial charge in [0, 0.05) is 0 Å². The fraction of sp³-hybridized carbons (Fsp3) is 0.783. The predicted octanol–water partition coefficient (Wildman–Crippen LogP) is 5.04. The van der Waals surface area contributed by atoms with Gasteiger partial charge in [0.1, 0.15) is 11.7 Å². The fourth-order valence-corrected chi connectivity index (χ4v) is 3.71. The zero-order valence-electron chi connectivity index (χ0n) is 18.4. The molecule has 0 saturated carbocycles. The molecule has 0 saturated heterocycles. The standard InChI is InChI=1S/C23H38O6/c1-4-5-6-7-8-9-10-11-12-13-14-15-16-18-19(17-20(24)27-2)29-23(26)21(18)22(25)28-3/h19H,4-17H2,1-3H3/t19-/m1/s1. The molecule has 0 radical (unpaired) electrons. The SMILES string of the molecule is CCCCCCCCCCCCCCC1=C(C(=O)OC)C(=O)O[C@@H]1CC(=O)OC. The van der Waals surface area contributed by atoms with Crippen LogP contribution in [0.1, 0.15) is 96.8 Å². The molecule has 0 bridgehead atoms. The number of hydrogen-bond donors (Lipinski definition) is 0. The van der Waals surface area contributed by atoms with Crippen molar-refractivity contribution in [3.63, 3.8) is 0 Å². The molecule has 0 aliphatic carbocycles. The van der Waals surface area contributed by atoms with E-state index in [2.05, 4.69) is 11.7 Å². The van der Waals surface area contributed by atoms with Crippen molar-refractivity contribution in [1.29, 1.82) is 0 Å². The van der Waals surface area contributed by atoms with E-state index in [1.54, 1.807) is 0 Å². The highest BCUT2D eigenvalue weighted by Gasteiger charge is 2.39. The highest BCUT2D eigenvalue weighted by molar-refractivity contribution is 6.16. The quantitative estimate of drug-likeness (QED) is 0.154. The molecule has 1 atom stereocenters. The van der Waals surface area contributed by atoms with Crippen LogP contribution in [0.3, 0.4) is 0 Å². The predicted molar refractivity (Wildman–Crippen MR) is 111 cm³/mol. The van der Waals surface area contributed by atoms with Crippen molar-refractivity contribution < 1.29 is 28.6 Å². The average molecular weight is 411 g/mol. The molecular weight excluding hydrogens is 372 g/mol. The maximum atomic E-state index is 12.1. The van der Waals surface area contributed by atoms with Crippen molar-refractivity contribution in [2.24, 2.45) is 0 Å². The molecule has 0 aromatic heterocycles. The maximum absolute atomic E-state index is 12.1. The normalized spacial score (nSPS) is 16.1. The lowest BCUT2D eigenvalue weighted by atomic mass is 9.96. The van der Waals surface area contributed by atoms with Crippen LogP contribution in [0, 0.1) is 0 Å². The fourth-order valence-electron chi connectivity index (χ4n) is 3.71. The van der Waals surface area contributed by atoms with Gasteiger partial charge in [-0.1, -0.05) is 77.6 Å². The Kier molecular flexibility index (Phi) is 13.1. The molecule has 0 N–H and O–H groups in total. The number of esters is 3. The summed E-state index contributed by atoms with van der Waals surface area (Å²) < 4.78 is 14.6. The van der Waals surface area contributed by atoms with Gasteiger partial charge in [-0.2, -0.15) is 0 Å². The lowest BCUT2D eigenvalue weighted by molar-refractivity contribution is -0.148. The average Bonchev–Trinajstić information content (AvgIpc) is 3.02. The van der Waals surface area contributed by atoms with E-state index in [0.717, 1.165) is 19.3 Å². The minimum absolute atomic E-state index is 0.0514. The van der Waals surface area contributed by atoms with Gasteiger partial charge in [-0.05, 0) is 18.4 Å². The summed E-state index contributed by atoms with van der Waals surface area (Å²) in [6, 6.07) is 0. The second-order valence-corrected chi connectivity index (χ2v) is 7.71. The summed E-state index contributed by atoms with van der Waals surface area (Å²) in [6.45, 7) is 2.24. The number of hydrogen-bond acceptors (Lipinski definition) is 6. The Bertz CT molecular complexity index is 552. The van der Waals surface area contributed by atoms with E-state index in [9.17, 15) is 14.4 Å². The maximum Gasteiger partial charge on any atom is 0.346 e. The van der Waals surface area contributed by atoms with Gasteiger partial charge in [-0.15, -0.1) is 0 Å². The molecule has 0 fully saturated rings. The molecule has 0 aromatic carbocycles. The number of cyclic esters (lactones) is 1. The lowest BCUT2D eigenvalue weighted by Crippen LogP contribution is -2.18. The Morgan fingerprint density at radius 2 is 1.34 bits per heavy atom. The van der Waals surface area contributed by atoms with Crippen LogP contribution in [-0.2, 0) is 28.6 Å². The first-order chi connectivity index (χ1) is 14.0. The Morgan fingerprint density at radius 3 is 1.83 bits per heavy atom. The minimum atomic E-state index is -0.725. The highest BCUT2D eigenvalue weighted by atomic mass is 16.6. The van der Waals surface area contributed by atoms with E-state index < -0.39 is 24.0 Å². The van der Waals surface area contributed by atoms with E-state index in [0.29, 0.717) is 12.0 Å². The van der Waals surface area contributed by atoms with Gasteiger partial charge >= 0.3 is 17.9 Å². The molecule has 1 heterocycles. The second kappa shape index (κ2) is 15.1. The molecule has 0 spiro atoms. The summed E-state index contributed by atoms with van der Waals surface area (Å²) >= 11 is 0. The van der Waals surface area contributed by atoms with Crippen LogP contribution in [-0.4, -0.2) is 38.2 Å². The van der Waals surface area contributed by atoms with Crippen LogP contribution in [0.25, 0.3) is 0 Å². The van der Waals surface area contributed by atoms with E-state index in [1.807, 2.05) is 0 Å². The zero-order valence-corrected chi connectivity index (χ0v) is 18.4. The molecule has 0 unspecified atom stereocenters. The highest BCUT2D eigenvalue weighted by Crippen LogP contribution is 2.30. The molecule has 0 amide bonds. The summed E-state index contributed by atoms with van der Waals surface area (Å²) in [7, 11) is 2.52. The van der Waals surface area contributed by atoms with Gasteiger partial charge in [-0.3, -0.25) is 4.79 Å². The van der Waals surface area contributed by atoms with Crippen LogP contribution >= 0.6 is 0 Å². The van der Waals surface area contributed by atoms with Crippen molar-refractivity contribution in [1.82, 2.24) is 0 Å². The summed E-state index contributed by atoms with van der Waals surface area (Å²) in [4.78, 5) is 35.6. The Balaban J connectivity index is 2.33. The molecule has 29 heavy (non-hydrogen) atoms. The molecule has 166 valence electrons. The van der Waals surface area contributed by atoms with Crippen molar-refractivity contribution in [3.8, 4) is 0 Å².